The van der Waals surface area contributed by atoms with Gasteiger partial charge >= 0.3 is 0 Å². The molecular formula is C47H84N4O3. The molecule has 0 unspecified atom stereocenters. The zero-order chi connectivity index (χ0) is 42.3. The number of benzene rings is 1. The summed E-state index contributed by atoms with van der Waals surface area (Å²) >= 11 is 0. The van der Waals surface area contributed by atoms with Gasteiger partial charge in [0.1, 0.15) is 17.4 Å². The van der Waals surface area contributed by atoms with Crippen LogP contribution in [0, 0.1) is 19.8 Å². The van der Waals surface area contributed by atoms with Crippen LogP contribution in [-0.2, 0) is 14.3 Å². The molecule has 1 heterocycles. The maximum Gasteiger partial charge on any atom is 0.143 e. The minimum Gasteiger partial charge on any atom is -0.392 e. The first-order chi connectivity index (χ1) is 25.6. The molecule has 1 aromatic rings. The number of nitrogens with one attached hydrogen (secondary N) is 2. The second-order valence-corrected chi connectivity index (χ2v) is 13.1. The number of hydrogen-bond acceptors (Lipinski definition) is 6. The SMILES string of the molecule is C=C(/C=C(/C)NC)N=C(NC(=C)CC)/C(C)=C/C=C\C.CC.CC(=O)CN1CCC(C(C)=O)CC1.CCCC.CCCOCCC.Cc1ccc(C)cc1. The highest BCUT2D eigenvalue weighted by Gasteiger charge is 2.22. The molecule has 0 saturated carbocycles. The normalized spacial score (nSPS) is 13.1. The number of ketones is 2. The van der Waals surface area contributed by atoms with E-state index < -0.39 is 0 Å². The van der Waals surface area contributed by atoms with E-state index >= 15 is 0 Å². The van der Waals surface area contributed by atoms with Gasteiger partial charge in [0.2, 0.25) is 0 Å². The molecule has 0 amide bonds. The number of amidine groups is 1. The van der Waals surface area contributed by atoms with Crippen LogP contribution in [0.3, 0.4) is 0 Å². The fourth-order valence-corrected chi connectivity index (χ4v) is 4.13. The number of aliphatic imine (C=N–C) groups is 1. The van der Waals surface area contributed by atoms with Crippen molar-refractivity contribution in [2.24, 2.45) is 10.9 Å². The molecule has 1 fully saturated rings. The summed E-state index contributed by atoms with van der Waals surface area (Å²) in [5, 5.41) is 6.29. The summed E-state index contributed by atoms with van der Waals surface area (Å²) in [5.74, 6) is 1.52. The number of nitrogens with zero attached hydrogens (tertiary/aromatic N) is 2. The Morgan fingerprint density at radius 2 is 1.35 bits per heavy atom. The summed E-state index contributed by atoms with van der Waals surface area (Å²) in [6, 6.07) is 8.48. The van der Waals surface area contributed by atoms with Gasteiger partial charge in [-0.1, -0.05) is 128 Å². The third kappa shape index (κ3) is 38.2. The first-order valence-corrected chi connectivity index (χ1v) is 20.4. The summed E-state index contributed by atoms with van der Waals surface area (Å²) in [5.41, 5.74) is 6.33. The minimum absolute atomic E-state index is 0.210. The van der Waals surface area contributed by atoms with Crippen LogP contribution in [0.1, 0.15) is 139 Å². The number of aryl methyl sites for hydroxylation is 2. The molecule has 1 aromatic carbocycles. The van der Waals surface area contributed by atoms with E-state index in [2.05, 4.69) is 106 Å². The smallest absolute Gasteiger partial charge is 0.143 e. The first kappa shape index (κ1) is 57.2. The van der Waals surface area contributed by atoms with Crippen LogP contribution in [0.4, 0.5) is 0 Å². The molecule has 7 heteroatoms. The quantitative estimate of drug-likeness (QED) is 0.0803. The predicted octanol–water partition coefficient (Wildman–Crippen LogP) is 11.9. The van der Waals surface area contributed by atoms with Gasteiger partial charge in [-0.15, -0.1) is 0 Å². The van der Waals surface area contributed by atoms with Crippen molar-refractivity contribution in [3.8, 4) is 0 Å². The molecule has 0 aliphatic carbocycles. The minimum atomic E-state index is 0.210. The molecule has 7 nitrogen and oxygen atoms in total. The Balaban J connectivity index is -0.000000314. The molecule has 0 radical (unpaired) electrons. The van der Waals surface area contributed by atoms with Crippen LogP contribution >= 0.6 is 0 Å². The van der Waals surface area contributed by atoms with Crippen LogP contribution in [0.15, 0.2) is 89.4 Å². The van der Waals surface area contributed by atoms with Gasteiger partial charge in [0.15, 0.2) is 0 Å². The number of rotatable bonds is 15. The summed E-state index contributed by atoms with van der Waals surface area (Å²) in [6.45, 7) is 40.2. The van der Waals surface area contributed by atoms with Crippen molar-refractivity contribution in [1.29, 1.82) is 0 Å². The third-order valence-electron chi connectivity index (χ3n) is 7.69. The summed E-state index contributed by atoms with van der Waals surface area (Å²) < 4.78 is 5.13. The molecule has 0 aromatic heterocycles. The fraction of sp³-hybridized carbons (Fsp3) is 0.596. The Labute approximate surface area is 334 Å². The molecule has 2 rings (SSSR count). The zero-order valence-electron chi connectivity index (χ0n) is 37.7. The zero-order valence-corrected chi connectivity index (χ0v) is 37.7. The fourth-order valence-electron chi connectivity index (χ4n) is 4.13. The van der Waals surface area contributed by atoms with Crippen molar-refractivity contribution < 1.29 is 14.3 Å². The molecule has 0 bridgehead atoms. The van der Waals surface area contributed by atoms with Crippen LogP contribution < -0.4 is 10.6 Å². The number of hydrogen-bond donors (Lipinski definition) is 2. The van der Waals surface area contributed by atoms with Gasteiger partial charge in [-0.2, -0.15) is 0 Å². The number of carbonyl (C=O) groups excluding carboxylic acids is 2. The van der Waals surface area contributed by atoms with Crippen molar-refractivity contribution in [2.75, 3.05) is 39.9 Å². The number of ether oxygens (including phenoxy) is 1. The van der Waals surface area contributed by atoms with Gasteiger partial charge in [-0.05, 0) is 105 Å². The predicted molar refractivity (Wildman–Crippen MR) is 240 cm³/mol. The van der Waals surface area contributed by atoms with Crippen molar-refractivity contribution in [3.63, 3.8) is 0 Å². The van der Waals surface area contributed by atoms with E-state index in [0.717, 1.165) is 81.2 Å². The van der Waals surface area contributed by atoms with Crippen molar-refractivity contribution >= 4 is 17.4 Å². The van der Waals surface area contributed by atoms with Crippen molar-refractivity contribution in [2.45, 2.75) is 142 Å². The Morgan fingerprint density at radius 1 is 0.870 bits per heavy atom. The van der Waals surface area contributed by atoms with Crippen molar-refractivity contribution in [3.05, 3.63) is 95.5 Å². The summed E-state index contributed by atoms with van der Waals surface area (Å²) in [6.07, 6.45) is 15.5. The average molecular weight is 753 g/mol. The molecule has 1 aliphatic rings. The van der Waals surface area contributed by atoms with E-state index in [-0.39, 0.29) is 11.7 Å². The van der Waals surface area contributed by atoms with Gasteiger partial charge in [0, 0.05) is 37.6 Å². The number of allylic oxidation sites excluding steroid dienone is 6. The molecule has 1 aliphatic heterocycles. The number of unbranched alkanes of at least 4 members (excludes halogenated alkanes) is 1. The van der Waals surface area contributed by atoms with Crippen LogP contribution in [-0.4, -0.2) is 62.2 Å². The largest absolute Gasteiger partial charge is 0.392 e. The van der Waals surface area contributed by atoms with Crippen LogP contribution in [0.5, 0.6) is 0 Å². The van der Waals surface area contributed by atoms with Crippen molar-refractivity contribution in [1.82, 2.24) is 15.5 Å². The lowest BCUT2D eigenvalue weighted by molar-refractivity contribution is -0.122. The number of Topliss-reactive ketones (excluding diaryl/α,β-unsaturated/α-hetero) is 2. The summed E-state index contributed by atoms with van der Waals surface area (Å²) in [7, 11) is 1.87. The van der Waals surface area contributed by atoms with Crippen LogP contribution in [0.2, 0.25) is 0 Å². The topological polar surface area (TPSA) is 83.0 Å². The average Bonchev–Trinajstić information content (AvgIpc) is 3.16. The van der Waals surface area contributed by atoms with E-state index in [4.69, 9.17) is 4.74 Å². The Kier molecular flexibility index (Phi) is 43.0. The summed E-state index contributed by atoms with van der Waals surface area (Å²) in [4.78, 5) is 28.5. The van der Waals surface area contributed by atoms with Gasteiger partial charge in [-0.25, -0.2) is 4.99 Å². The van der Waals surface area contributed by atoms with Crippen LogP contribution in [0.25, 0.3) is 0 Å². The number of likely N-dealkylation sites (tertiary alicyclic amines) is 1. The maximum atomic E-state index is 11.0. The standard InChI is InChI=1S/C17H27N3.C10H17NO2.C8H10.C6H14O.C4H10.C2H6/c1-8-10-11-13(3)17(19-14(4)9-2)20-16(6)12-15(5)18-7;1-8(12)7-11-5-3-10(4-6-11)9(2)13;1-7-3-5-8(2)6-4-7;1-3-5-7-6-4-2;1-3-4-2;1-2/h8,10-12,18H,4,6,9H2,1-3,5,7H3,(H,19,20);10H,3-7H2,1-2H3;3-6H,1-2H3;3-6H2,1-2H3;3-4H2,1-2H3;1-2H3/b10-8-,13-11+,15-12-;;;;;. The lowest BCUT2D eigenvalue weighted by Gasteiger charge is -2.29. The van der Waals surface area contributed by atoms with E-state index in [9.17, 15) is 9.59 Å². The third-order valence-corrected chi connectivity index (χ3v) is 7.69. The van der Waals surface area contributed by atoms with E-state index in [1.807, 2.05) is 66.0 Å². The highest BCUT2D eigenvalue weighted by atomic mass is 16.5. The second kappa shape index (κ2) is 40.6. The molecular weight excluding hydrogens is 669 g/mol. The van der Waals surface area contributed by atoms with Gasteiger partial charge < -0.3 is 15.4 Å². The molecule has 2 N–H and O–H groups in total. The molecule has 310 valence electrons. The lowest BCUT2D eigenvalue weighted by Crippen LogP contribution is -2.38. The first-order valence-electron chi connectivity index (χ1n) is 20.4. The molecule has 54 heavy (non-hydrogen) atoms. The maximum absolute atomic E-state index is 11.0. The highest BCUT2D eigenvalue weighted by Crippen LogP contribution is 2.17. The second-order valence-electron chi connectivity index (χ2n) is 13.1. The van der Waals surface area contributed by atoms with E-state index in [0.29, 0.717) is 18.0 Å². The van der Waals surface area contributed by atoms with Gasteiger partial charge in [0.25, 0.3) is 0 Å². The number of carbonyl (C=O) groups is 2. The van der Waals surface area contributed by atoms with Gasteiger partial charge in [0.05, 0.1) is 12.2 Å². The molecule has 1 saturated heterocycles. The molecule has 0 atom stereocenters. The Hall–Kier alpha value is -3.55. The van der Waals surface area contributed by atoms with Gasteiger partial charge in [-0.3, -0.25) is 14.5 Å². The Bertz CT molecular complexity index is 1190. The highest BCUT2D eigenvalue weighted by molar-refractivity contribution is 5.99. The number of piperidine rings is 1. The monoisotopic (exact) mass is 753 g/mol. The van der Waals surface area contributed by atoms with E-state index in [1.165, 1.54) is 24.0 Å². The van der Waals surface area contributed by atoms with E-state index in [1.54, 1.807) is 13.8 Å². The lowest BCUT2D eigenvalue weighted by atomic mass is 9.93. The molecule has 0 spiro atoms. The Morgan fingerprint density at radius 3 is 1.70 bits per heavy atom.